The molecule has 0 saturated carbocycles. The molecule has 0 spiro atoms. The molecule has 0 amide bonds. The van der Waals surface area contributed by atoms with Crippen molar-refractivity contribution in [3.8, 4) is 0 Å². The molecule has 2 nitrogen and oxygen atoms in total. The van der Waals surface area contributed by atoms with E-state index in [-0.39, 0.29) is 4.90 Å². The molecule has 0 saturated heterocycles. The predicted octanol–water partition coefficient (Wildman–Crippen LogP) is 4.60. The lowest BCUT2D eigenvalue weighted by Crippen LogP contribution is -2.31. The van der Waals surface area contributed by atoms with Crippen molar-refractivity contribution in [2.24, 2.45) is 0 Å². The summed E-state index contributed by atoms with van der Waals surface area (Å²) in [4.78, 5) is 0.197. The number of benzene rings is 3. The maximum atomic E-state index is 13.3. The van der Waals surface area contributed by atoms with Crippen LogP contribution in [0.25, 0.3) is 0 Å². The minimum atomic E-state index is -3.84. The summed E-state index contributed by atoms with van der Waals surface area (Å²) in [5, 5.41) is 0. The molecule has 0 atom stereocenters. The molecule has 0 fully saturated rings. The summed E-state index contributed by atoms with van der Waals surface area (Å²) in [5.74, 6) is 0. The highest BCUT2D eigenvalue weighted by Gasteiger charge is 2.46. The zero-order valence-electron chi connectivity index (χ0n) is 12.3. The standard InChI is InChI=1S/C19H15ClO2S/c20-19(16-10-4-1-5-11-16,17-12-6-2-7-13-17)23(21,22)18-14-8-3-9-15-18/h1-15H. The first-order chi connectivity index (χ1) is 11.1. The minimum Gasteiger partial charge on any atom is -0.221 e. The molecule has 0 aliphatic carbocycles. The first kappa shape index (κ1) is 15.8. The quantitative estimate of drug-likeness (QED) is 0.649. The molecule has 0 aliphatic heterocycles. The summed E-state index contributed by atoms with van der Waals surface area (Å²) < 4.78 is 25.0. The molecule has 4 heteroatoms. The van der Waals surface area contributed by atoms with Crippen molar-refractivity contribution in [2.45, 2.75) is 9.10 Å². The van der Waals surface area contributed by atoms with E-state index in [4.69, 9.17) is 11.6 Å². The van der Waals surface area contributed by atoms with Crippen LogP contribution in [0.3, 0.4) is 0 Å². The number of halogens is 1. The van der Waals surface area contributed by atoms with Gasteiger partial charge in [-0.15, -0.1) is 0 Å². The third-order valence-corrected chi connectivity index (χ3v) is 6.86. The van der Waals surface area contributed by atoms with Crippen LogP contribution in [-0.4, -0.2) is 8.42 Å². The fourth-order valence-electron chi connectivity index (χ4n) is 2.54. The normalized spacial score (nSPS) is 12.0. The van der Waals surface area contributed by atoms with Crippen LogP contribution in [0.1, 0.15) is 11.1 Å². The van der Waals surface area contributed by atoms with E-state index in [1.54, 1.807) is 78.9 Å². The molecular weight excluding hydrogens is 328 g/mol. The first-order valence-corrected chi connectivity index (χ1v) is 9.02. The van der Waals surface area contributed by atoms with E-state index in [9.17, 15) is 8.42 Å². The Kier molecular flexibility index (Phi) is 4.24. The van der Waals surface area contributed by atoms with Crippen molar-refractivity contribution in [1.82, 2.24) is 0 Å². The molecule has 116 valence electrons. The Bertz CT molecular complexity index is 837. The Hall–Kier alpha value is -2.10. The Morgan fingerprint density at radius 3 is 1.35 bits per heavy atom. The maximum Gasteiger partial charge on any atom is 0.206 e. The smallest absolute Gasteiger partial charge is 0.206 e. The molecule has 0 unspecified atom stereocenters. The highest BCUT2D eigenvalue weighted by molar-refractivity contribution is 7.94. The third-order valence-electron chi connectivity index (χ3n) is 3.71. The second-order valence-corrected chi connectivity index (χ2v) is 8.03. The van der Waals surface area contributed by atoms with Gasteiger partial charge in [0.15, 0.2) is 4.21 Å². The Morgan fingerprint density at radius 1 is 0.609 bits per heavy atom. The number of rotatable bonds is 4. The molecule has 3 aromatic carbocycles. The van der Waals surface area contributed by atoms with E-state index < -0.39 is 14.0 Å². The zero-order chi connectivity index (χ0) is 16.3. The Balaban J connectivity index is 2.30. The van der Waals surface area contributed by atoms with Crippen molar-refractivity contribution in [3.63, 3.8) is 0 Å². The molecule has 0 heterocycles. The van der Waals surface area contributed by atoms with Gasteiger partial charge in [-0.05, 0) is 23.3 Å². The van der Waals surface area contributed by atoms with Gasteiger partial charge in [0.2, 0.25) is 9.84 Å². The van der Waals surface area contributed by atoms with Crippen LogP contribution in [0.2, 0.25) is 0 Å². The summed E-state index contributed by atoms with van der Waals surface area (Å²) in [6.45, 7) is 0. The fraction of sp³-hybridized carbons (Fsp3) is 0.0526. The number of alkyl halides is 1. The van der Waals surface area contributed by atoms with E-state index in [1.807, 2.05) is 12.1 Å². The summed E-state index contributed by atoms with van der Waals surface area (Å²) in [6.07, 6.45) is 0. The molecule has 0 N–H and O–H groups in total. The van der Waals surface area contributed by atoms with Gasteiger partial charge in [-0.1, -0.05) is 90.5 Å². The van der Waals surface area contributed by atoms with Gasteiger partial charge in [0.1, 0.15) is 0 Å². The van der Waals surface area contributed by atoms with Crippen LogP contribution in [0.15, 0.2) is 95.9 Å². The highest BCUT2D eigenvalue weighted by atomic mass is 35.5. The third kappa shape index (κ3) is 2.67. The number of hydrogen-bond donors (Lipinski definition) is 0. The largest absolute Gasteiger partial charge is 0.221 e. The van der Waals surface area contributed by atoms with E-state index in [0.29, 0.717) is 11.1 Å². The van der Waals surface area contributed by atoms with Crippen LogP contribution in [0.4, 0.5) is 0 Å². The molecule has 0 aromatic heterocycles. The van der Waals surface area contributed by atoms with Crippen molar-refractivity contribution in [1.29, 1.82) is 0 Å². The monoisotopic (exact) mass is 342 g/mol. The summed E-state index contributed by atoms with van der Waals surface area (Å²) >= 11 is 6.83. The van der Waals surface area contributed by atoms with Gasteiger partial charge < -0.3 is 0 Å². The van der Waals surface area contributed by atoms with Crippen LogP contribution < -0.4 is 0 Å². The second kappa shape index (κ2) is 6.19. The van der Waals surface area contributed by atoms with Crippen molar-refractivity contribution >= 4 is 21.4 Å². The van der Waals surface area contributed by atoms with E-state index in [1.165, 1.54) is 0 Å². The molecule has 0 radical (unpaired) electrons. The van der Waals surface area contributed by atoms with Gasteiger partial charge in [-0.2, -0.15) is 0 Å². The van der Waals surface area contributed by atoms with Gasteiger partial charge in [-0.25, -0.2) is 8.42 Å². The molecule has 3 rings (SSSR count). The number of hydrogen-bond acceptors (Lipinski definition) is 2. The molecule has 0 bridgehead atoms. The van der Waals surface area contributed by atoms with Crippen LogP contribution in [0.5, 0.6) is 0 Å². The lowest BCUT2D eigenvalue weighted by Gasteiger charge is -2.28. The van der Waals surface area contributed by atoms with Gasteiger partial charge in [0.25, 0.3) is 0 Å². The second-order valence-electron chi connectivity index (χ2n) is 5.14. The molecule has 23 heavy (non-hydrogen) atoms. The Morgan fingerprint density at radius 2 is 0.957 bits per heavy atom. The minimum absolute atomic E-state index is 0.197. The summed E-state index contributed by atoms with van der Waals surface area (Å²) in [6, 6.07) is 26.1. The van der Waals surface area contributed by atoms with Crippen molar-refractivity contribution in [3.05, 3.63) is 102 Å². The van der Waals surface area contributed by atoms with Gasteiger partial charge in [0.05, 0.1) is 4.90 Å². The SMILES string of the molecule is O=S(=O)(c1ccccc1)C(Cl)(c1ccccc1)c1ccccc1. The van der Waals surface area contributed by atoms with Gasteiger partial charge in [-0.3, -0.25) is 0 Å². The van der Waals surface area contributed by atoms with Crippen LogP contribution >= 0.6 is 11.6 Å². The van der Waals surface area contributed by atoms with Crippen LogP contribution in [0, 0.1) is 0 Å². The highest BCUT2D eigenvalue weighted by Crippen LogP contribution is 2.45. The van der Waals surface area contributed by atoms with Crippen LogP contribution in [-0.2, 0) is 14.0 Å². The van der Waals surface area contributed by atoms with Crippen molar-refractivity contribution < 1.29 is 8.42 Å². The summed E-state index contributed by atoms with van der Waals surface area (Å²) in [7, 11) is -3.84. The maximum absolute atomic E-state index is 13.3. The summed E-state index contributed by atoms with van der Waals surface area (Å²) in [5.41, 5.74) is 1.05. The van der Waals surface area contributed by atoms with E-state index in [0.717, 1.165) is 0 Å². The molecular formula is C19H15ClO2S. The Labute approximate surface area is 141 Å². The first-order valence-electron chi connectivity index (χ1n) is 7.16. The average Bonchev–Trinajstić information content (AvgIpc) is 2.63. The molecule has 3 aromatic rings. The van der Waals surface area contributed by atoms with Gasteiger partial charge >= 0.3 is 0 Å². The van der Waals surface area contributed by atoms with E-state index in [2.05, 4.69) is 0 Å². The average molecular weight is 343 g/mol. The lowest BCUT2D eigenvalue weighted by molar-refractivity contribution is 0.583. The zero-order valence-corrected chi connectivity index (χ0v) is 13.8. The van der Waals surface area contributed by atoms with Crippen molar-refractivity contribution in [2.75, 3.05) is 0 Å². The van der Waals surface area contributed by atoms with Gasteiger partial charge in [0, 0.05) is 0 Å². The number of sulfone groups is 1. The molecule has 0 aliphatic rings. The predicted molar refractivity (Wildman–Crippen MR) is 93.1 cm³/mol. The van der Waals surface area contributed by atoms with E-state index >= 15 is 0 Å². The topological polar surface area (TPSA) is 34.1 Å². The lowest BCUT2D eigenvalue weighted by atomic mass is 10.0. The fourth-order valence-corrected chi connectivity index (χ4v) is 4.80.